The summed E-state index contributed by atoms with van der Waals surface area (Å²) in [6, 6.07) is 15.6. The van der Waals surface area contributed by atoms with Crippen LogP contribution in [0.15, 0.2) is 53.5 Å². The average molecular weight is 482 g/mol. The second-order valence-electron chi connectivity index (χ2n) is 6.77. The molecule has 1 heterocycles. The van der Waals surface area contributed by atoms with Crippen molar-refractivity contribution in [2.45, 2.75) is 32.5 Å². The molecule has 3 rings (SSSR count). The Bertz CT molecular complexity index is 748. The number of rotatable bonds is 5. The fraction of sp³-hybridized carbons (Fsp3) is 0.381. The molecule has 27 heavy (non-hydrogen) atoms. The van der Waals surface area contributed by atoms with Crippen molar-refractivity contribution in [3.63, 3.8) is 0 Å². The molecule has 2 aromatic carbocycles. The summed E-state index contributed by atoms with van der Waals surface area (Å²) in [5.74, 6) is 0.548. The van der Waals surface area contributed by atoms with E-state index in [-0.39, 0.29) is 29.8 Å². The molecular weight excluding hydrogens is 454 g/mol. The number of aliphatic imine (C=N–C) groups is 1. The van der Waals surface area contributed by atoms with Crippen molar-refractivity contribution in [2.75, 3.05) is 20.1 Å². The average Bonchev–Trinajstić information content (AvgIpc) is 2.68. The van der Waals surface area contributed by atoms with E-state index in [1.807, 2.05) is 0 Å². The summed E-state index contributed by atoms with van der Waals surface area (Å²) < 4.78 is 13.0. The second-order valence-corrected chi connectivity index (χ2v) is 6.77. The highest BCUT2D eigenvalue weighted by atomic mass is 127. The van der Waals surface area contributed by atoms with Crippen LogP contribution in [0.25, 0.3) is 0 Å². The number of nitrogens with zero attached hydrogens (tertiary/aromatic N) is 2. The third-order valence-corrected chi connectivity index (χ3v) is 4.95. The summed E-state index contributed by atoms with van der Waals surface area (Å²) in [5, 5.41) is 6.67. The van der Waals surface area contributed by atoms with Gasteiger partial charge in [-0.15, -0.1) is 24.0 Å². The van der Waals surface area contributed by atoms with Gasteiger partial charge < -0.3 is 10.6 Å². The van der Waals surface area contributed by atoms with Crippen LogP contribution < -0.4 is 10.6 Å². The lowest BCUT2D eigenvalue weighted by Gasteiger charge is -2.34. The molecule has 6 heteroatoms. The molecule has 146 valence electrons. The van der Waals surface area contributed by atoms with Crippen LogP contribution in [-0.4, -0.2) is 37.0 Å². The quantitative estimate of drug-likeness (QED) is 0.389. The zero-order chi connectivity index (χ0) is 18.4. The minimum atomic E-state index is -0.215. The van der Waals surface area contributed by atoms with E-state index in [1.165, 1.54) is 23.3 Å². The molecule has 0 saturated heterocycles. The Morgan fingerprint density at radius 1 is 1.11 bits per heavy atom. The van der Waals surface area contributed by atoms with Crippen LogP contribution in [-0.2, 0) is 19.5 Å². The zero-order valence-corrected chi connectivity index (χ0v) is 18.2. The van der Waals surface area contributed by atoms with Crippen molar-refractivity contribution in [2.24, 2.45) is 4.99 Å². The molecule has 4 nitrogen and oxygen atoms in total. The summed E-state index contributed by atoms with van der Waals surface area (Å²) in [6.45, 7) is 5.77. The fourth-order valence-corrected chi connectivity index (χ4v) is 3.28. The first kappa shape index (κ1) is 21.6. The van der Waals surface area contributed by atoms with Crippen LogP contribution in [0.3, 0.4) is 0 Å². The van der Waals surface area contributed by atoms with Gasteiger partial charge in [-0.25, -0.2) is 4.39 Å². The number of hydrogen-bond acceptors (Lipinski definition) is 2. The van der Waals surface area contributed by atoms with Crippen molar-refractivity contribution in [1.82, 2.24) is 15.5 Å². The highest BCUT2D eigenvalue weighted by molar-refractivity contribution is 14.0. The van der Waals surface area contributed by atoms with Crippen LogP contribution in [0.1, 0.15) is 23.6 Å². The van der Waals surface area contributed by atoms with Gasteiger partial charge in [0.1, 0.15) is 5.82 Å². The van der Waals surface area contributed by atoms with E-state index < -0.39 is 0 Å². The normalized spacial score (nSPS) is 15.4. The number of benzene rings is 2. The van der Waals surface area contributed by atoms with Gasteiger partial charge in [-0.3, -0.25) is 9.89 Å². The first-order valence-corrected chi connectivity index (χ1v) is 9.15. The predicted molar refractivity (Wildman–Crippen MR) is 120 cm³/mol. The molecule has 0 bridgehead atoms. The molecule has 2 N–H and O–H groups in total. The number of hydrogen-bond donors (Lipinski definition) is 2. The zero-order valence-electron chi connectivity index (χ0n) is 15.9. The molecule has 1 atom stereocenters. The molecule has 2 aromatic rings. The summed E-state index contributed by atoms with van der Waals surface area (Å²) in [4.78, 5) is 6.78. The number of halogens is 2. The summed E-state index contributed by atoms with van der Waals surface area (Å²) >= 11 is 0. The van der Waals surface area contributed by atoms with Crippen molar-refractivity contribution >= 4 is 29.9 Å². The number of guanidine groups is 1. The molecule has 1 unspecified atom stereocenters. The van der Waals surface area contributed by atoms with Gasteiger partial charge in [-0.05, 0) is 42.2 Å². The van der Waals surface area contributed by atoms with Gasteiger partial charge in [0.25, 0.3) is 0 Å². The van der Waals surface area contributed by atoms with Gasteiger partial charge in [-0.2, -0.15) is 0 Å². The van der Waals surface area contributed by atoms with Crippen molar-refractivity contribution in [3.8, 4) is 0 Å². The first-order valence-electron chi connectivity index (χ1n) is 9.15. The van der Waals surface area contributed by atoms with Crippen molar-refractivity contribution in [3.05, 3.63) is 71.0 Å². The van der Waals surface area contributed by atoms with E-state index in [9.17, 15) is 4.39 Å². The van der Waals surface area contributed by atoms with Gasteiger partial charge in [0.05, 0.1) is 0 Å². The highest BCUT2D eigenvalue weighted by Gasteiger charge is 2.20. The van der Waals surface area contributed by atoms with E-state index in [4.69, 9.17) is 0 Å². The molecule has 0 radical (unpaired) electrons. The lowest BCUT2D eigenvalue weighted by atomic mass is 9.99. The lowest BCUT2D eigenvalue weighted by Crippen LogP contribution is -2.47. The maximum atomic E-state index is 13.0. The first-order chi connectivity index (χ1) is 12.7. The standard InChI is InChI=1S/C21H27FN4.HI/c1-16(26-12-11-18-5-3-4-6-19(18)15-26)13-24-21(23-2)25-14-17-7-9-20(22)10-8-17;/h3-10,16H,11-15H2,1-2H3,(H2,23,24,25);1H. The number of nitrogens with one attached hydrogen (secondary N) is 2. The summed E-state index contributed by atoms with van der Waals surface area (Å²) in [5.41, 5.74) is 3.93. The topological polar surface area (TPSA) is 39.7 Å². The monoisotopic (exact) mass is 482 g/mol. The van der Waals surface area contributed by atoms with E-state index in [1.54, 1.807) is 19.2 Å². The molecule has 0 fully saturated rings. The Morgan fingerprint density at radius 2 is 1.81 bits per heavy atom. The molecule has 0 saturated carbocycles. The van der Waals surface area contributed by atoms with Crippen LogP contribution in [0, 0.1) is 5.82 Å². The number of fused-ring (bicyclic) bond motifs is 1. The Labute approximate surface area is 178 Å². The largest absolute Gasteiger partial charge is 0.355 e. The Hall–Kier alpha value is -1.67. The Balaban J connectivity index is 0.00000261. The van der Waals surface area contributed by atoms with E-state index in [2.05, 4.69) is 51.7 Å². The van der Waals surface area contributed by atoms with Crippen LogP contribution >= 0.6 is 24.0 Å². The molecule has 1 aliphatic rings. The van der Waals surface area contributed by atoms with Crippen molar-refractivity contribution in [1.29, 1.82) is 0 Å². The summed E-state index contributed by atoms with van der Waals surface area (Å²) in [7, 11) is 1.77. The Kier molecular flexibility index (Phi) is 8.50. The third kappa shape index (κ3) is 6.17. The molecular formula is C21H28FIN4. The van der Waals surface area contributed by atoms with E-state index >= 15 is 0 Å². The minimum absolute atomic E-state index is 0. The predicted octanol–water partition coefficient (Wildman–Crippen LogP) is 3.56. The Morgan fingerprint density at radius 3 is 2.52 bits per heavy atom. The maximum absolute atomic E-state index is 13.0. The van der Waals surface area contributed by atoms with Crippen LogP contribution in [0.5, 0.6) is 0 Å². The van der Waals surface area contributed by atoms with Gasteiger partial charge in [-0.1, -0.05) is 36.4 Å². The molecule has 1 aliphatic heterocycles. The molecule has 0 aliphatic carbocycles. The SMILES string of the molecule is CN=C(NCc1ccc(F)cc1)NCC(C)N1CCc2ccccc2C1.I. The molecule has 0 spiro atoms. The van der Waals surface area contributed by atoms with Crippen LogP contribution in [0.2, 0.25) is 0 Å². The summed E-state index contributed by atoms with van der Waals surface area (Å²) in [6.07, 6.45) is 1.11. The van der Waals surface area contributed by atoms with Gasteiger partial charge in [0.15, 0.2) is 5.96 Å². The fourth-order valence-electron chi connectivity index (χ4n) is 3.28. The smallest absolute Gasteiger partial charge is 0.191 e. The minimum Gasteiger partial charge on any atom is -0.355 e. The van der Waals surface area contributed by atoms with Crippen molar-refractivity contribution < 1.29 is 4.39 Å². The van der Waals surface area contributed by atoms with E-state index in [0.29, 0.717) is 12.6 Å². The molecule has 0 aromatic heterocycles. The van der Waals surface area contributed by atoms with Gasteiger partial charge in [0, 0.05) is 39.3 Å². The van der Waals surface area contributed by atoms with E-state index in [0.717, 1.165) is 37.6 Å². The van der Waals surface area contributed by atoms with Crippen LogP contribution in [0.4, 0.5) is 4.39 Å². The molecule has 0 amide bonds. The van der Waals surface area contributed by atoms with Gasteiger partial charge in [0.2, 0.25) is 0 Å². The van der Waals surface area contributed by atoms with Gasteiger partial charge >= 0.3 is 0 Å². The third-order valence-electron chi connectivity index (χ3n) is 4.95. The second kappa shape index (κ2) is 10.6. The lowest BCUT2D eigenvalue weighted by molar-refractivity contribution is 0.191. The maximum Gasteiger partial charge on any atom is 0.191 e. The highest BCUT2D eigenvalue weighted by Crippen LogP contribution is 2.19.